The molecule has 1 aromatic rings. The zero-order chi connectivity index (χ0) is 14.3. The van der Waals surface area contributed by atoms with E-state index in [1.807, 2.05) is 0 Å². The summed E-state index contributed by atoms with van der Waals surface area (Å²) < 4.78 is 0. The molecule has 1 fully saturated rings. The Morgan fingerprint density at radius 3 is 2.85 bits per heavy atom. The van der Waals surface area contributed by atoms with Crippen LogP contribution in [0.3, 0.4) is 0 Å². The number of anilines is 1. The Morgan fingerprint density at radius 2 is 2.05 bits per heavy atom. The number of fused-ring (bicyclic) bond motifs is 1. The van der Waals surface area contributed by atoms with Gasteiger partial charge in [-0.3, -0.25) is 0 Å². The number of aliphatic hydroxyl groups excluding tert-OH is 1. The Kier molecular flexibility index (Phi) is 3.53. The van der Waals surface area contributed by atoms with Gasteiger partial charge in [0.25, 0.3) is 0 Å². The zero-order valence-electron chi connectivity index (χ0n) is 13.0. The Labute approximate surface area is 122 Å². The topological polar surface area (TPSA) is 23.5 Å². The second-order valence-electron chi connectivity index (χ2n) is 7.42. The van der Waals surface area contributed by atoms with Gasteiger partial charge in [-0.15, -0.1) is 0 Å². The molecule has 20 heavy (non-hydrogen) atoms. The lowest BCUT2D eigenvalue weighted by Gasteiger charge is -2.43. The number of rotatable bonds is 2. The highest BCUT2D eigenvalue weighted by Gasteiger charge is 2.39. The molecule has 1 heterocycles. The van der Waals surface area contributed by atoms with Gasteiger partial charge in [0.1, 0.15) is 0 Å². The van der Waals surface area contributed by atoms with Crippen molar-refractivity contribution in [2.75, 3.05) is 11.4 Å². The van der Waals surface area contributed by atoms with Gasteiger partial charge < -0.3 is 10.0 Å². The third-order valence-corrected chi connectivity index (χ3v) is 5.42. The van der Waals surface area contributed by atoms with Gasteiger partial charge in [-0.25, -0.2) is 0 Å². The Balaban J connectivity index is 1.78. The first-order valence-corrected chi connectivity index (χ1v) is 8.01. The van der Waals surface area contributed by atoms with Crippen LogP contribution in [0.1, 0.15) is 45.6 Å². The van der Waals surface area contributed by atoms with Crippen LogP contribution in [0.5, 0.6) is 0 Å². The van der Waals surface area contributed by atoms with Gasteiger partial charge in [0.05, 0.1) is 6.10 Å². The Hall–Kier alpha value is -1.02. The van der Waals surface area contributed by atoms with Gasteiger partial charge in [-0.05, 0) is 43.2 Å². The van der Waals surface area contributed by atoms with E-state index in [9.17, 15) is 5.11 Å². The molecule has 110 valence electrons. The van der Waals surface area contributed by atoms with E-state index < -0.39 is 0 Å². The highest BCUT2D eigenvalue weighted by Crippen LogP contribution is 2.41. The summed E-state index contributed by atoms with van der Waals surface area (Å²) in [4.78, 5) is 2.52. The summed E-state index contributed by atoms with van der Waals surface area (Å²) in [7, 11) is 0. The molecule has 0 saturated heterocycles. The molecule has 1 aliphatic heterocycles. The average molecular weight is 273 g/mol. The second-order valence-corrected chi connectivity index (χ2v) is 7.42. The molecule has 1 saturated carbocycles. The fourth-order valence-corrected chi connectivity index (χ4v) is 4.12. The van der Waals surface area contributed by atoms with Crippen LogP contribution in [0.15, 0.2) is 24.3 Å². The fourth-order valence-electron chi connectivity index (χ4n) is 4.12. The first-order chi connectivity index (χ1) is 9.49. The lowest BCUT2D eigenvalue weighted by Crippen LogP contribution is -2.46. The molecule has 2 heteroatoms. The molecule has 3 unspecified atom stereocenters. The van der Waals surface area contributed by atoms with E-state index in [0.717, 1.165) is 25.8 Å². The van der Waals surface area contributed by atoms with E-state index in [1.165, 1.54) is 17.7 Å². The van der Waals surface area contributed by atoms with E-state index in [-0.39, 0.29) is 11.5 Å². The van der Waals surface area contributed by atoms with Crippen molar-refractivity contribution >= 4 is 5.69 Å². The molecule has 2 aliphatic rings. The maximum atomic E-state index is 10.7. The first-order valence-electron chi connectivity index (χ1n) is 8.01. The largest absolute Gasteiger partial charge is 0.392 e. The number of nitrogens with zero attached hydrogens (tertiary/aromatic N) is 1. The molecule has 2 nitrogen and oxygen atoms in total. The van der Waals surface area contributed by atoms with Crippen LogP contribution in [-0.4, -0.2) is 23.8 Å². The van der Waals surface area contributed by atoms with Gasteiger partial charge in [-0.2, -0.15) is 0 Å². The molecule has 1 aromatic carbocycles. The van der Waals surface area contributed by atoms with E-state index in [2.05, 4.69) is 49.9 Å². The van der Waals surface area contributed by atoms with Gasteiger partial charge in [-0.1, -0.05) is 38.5 Å². The molecule has 0 amide bonds. The minimum absolute atomic E-state index is 0.0748. The summed E-state index contributed by atoms with van der Waals surface area (Å²) in [6.07, 6.45) is 4.53. The van der Waals surface area contributed by atoms with Crippen molar-refractivity contribution < 1.29 is 5.11 Å². The molecule has 0 aromatic heterocycles. The van der Waals surface area contributed by atoms with E-state index in [4.69, 9.17) is 0 Å². The molecule has 3 atom stereocenters. The van der Waals surface area contributed by atoms with Crippen molar-refractivity contribution in [3.05, 3.63) is 29.8 Å². The molecule has 0 spiro atoms. The number of benzene rings is 1. The number of hydrogen-bond acceptors (Lipinski definition) is 2. The van der Waals surface area contributed by atoms with E-state index >= 15 is 0 Å². The van der Waals surface area contributed by atoms with Gasteiger partial charge in [0.15, 0.2) is 0 Å². The third kappa shape index (κ3) is 2.35. The maximum absolute atomic E-state index is 10.7. The van der Waals surface area contributed by atoms with Crippen LogP contribution in [0, 0.1) is 11.3 Å². The number of para-hydroxylation sites is 1. The van der Waals surface area contributed by atoms with Crippen LogP contribution in [0.2, 0.25) is 0 Å². The molecule has 3 rings (SSSR count). The monoisotopic (exact) mass is 273 g/mol. The summed E-state index contributed by atoms with van der Waals surface area (Å²) in [5, 5.41) is 10.7. The SMILES string of the molecule is CC1Cc2ccccc2N1CC1CCCC(C)(C)C1O. The lowest BCUT2D eigenvalue weighted by atomic mass is 9.69. The van der Waals surface area contributed by atoms with Crippen molar-refractivity contribution in [1.82, 2.24) is 0 Å². The normalized spacial score (nSPS) is 32.2. The standard InChI is InChI=1S/C18H27NO/c1-13-11-14-7-4-5-9-16(14)19(13)12-15-8-6-10-18(2,3)17(15)20/h4-5,7,9,13,15,17,20H,6,8,10-12H2,1-3H3. The predicted octanol–water partition coefficient (Wildman–Crippen LogP) is 3.62. The van der Waals surface area contributed by atoms with E-state index in [0.29, 0.717) is 12.0 Å². The lowest BCUT2D eigenvalue weighted by molar-refractivity contribution is -0.0295. The fraction of sp³-hybridized carbons (Fsp3) is 0.667. The summed E-state index contributed by atoms with van der Waals surface area (Å²) in [5.41, 5.74) is 2.92. The van der Waals surface area contributed by atoms with Crippen molar-refractivity contribution in [2.45, 2.75) is 58.6 Å². The summed E-state index contributed by atoms with van der Waals surface area (Å²) >= 11 is 0. The van der Waals surface area contributed by atoms with Crippen molar-refractivity contribution in [1.29, 1.82) is 0 Å². The van der Waals surface area contributed by atoms with Crippen molar-refractivity contribution in [3.63, 3.8) is 0 Å². The average Bonchev–Trinajstić information content (AvgIpc) is 2.71. The maximum Gasteiger partial charge on any atom is 0.0636 e. The zero-order valence-corrected chi connectivity index (χ0v) is 13.0. The van der Waals surface area contributed by atoms with Crippen molar-refractivity contribution in [2.24, 2.45) is 11.3 Å². The third-order valence-electron chi connectivity index (χ3n) is 5.42. The second kappa shape index (κ2) is 5.07. The molecular weight excluding hydrogens is 246 g/mol. The molecular formula is C18H27NO. The minimum atomic E-state index is -0.170. The van der Waals surface area contributed by atoms with E-state index in [1.54, 1.807) is 0 Å². The minimum Gasteiger partial charge on any atom is -0.392 e. The smallest absolute Gasteiger partial charge is 0.0636 e. The van der Waals surface area contributed by atoms with Crippen LogP contribution < -0.4 is 4.90 Å². The predicted molar refractivity (Wildman–Crippen MR) is 84.1 cm³/mol. The van der Waals surface area contributed by atoms with Gasteiger partial charge in [0, 0.05) is 24.2 Å². The van der Waals surface area contributed by atoms with Gasteiger partial charge in [0.2, 0.25) is 0 Å². The summed E-state index contributed by atoms with van der Waals surface area (Å²) in [6, 6.07) is 9.30. The highest BCUT2D eigenvalue weighted by atomic mass is 16.3. The van der Waals surface area contributed by atoms with Crippen LogP contribution in [0.25, 0.3) is 0 Å². The number of hydrogen-bond donors (Lipinski definition) is 1. The number of aliphatic hydroxyl groups is 1. The molecule has 1 aliphatic carbocycles. The van der Waals surface area contributed by atoms with Gasteiger partial charge >= 0.3 is 0 Å². The molecule has 1 N–H and O–H groups in total. The van der Waals surface area contributed by atoms with Crippen LogP contribution >= 0.6 is 0 Å². The summed E-state index contributed by atoms with van der Waals surface area (Å²) in [5.74, 6) is 0.410. The van der Waals surface area contributed by atoms with Crippen LogP contribution in [-0.2, 0) is 6.42 Å². The Bertz CT molecular complexity index is 482. The van der Waals surface area contributed by atoms with Crippen LogP contribution in [0.4, 0.5) is 5.69 Å². The van der Waals surface area contributed by atoms with Crippen molar-refractivity contribution in [3.8, 4) is 0 Å². The Morgan fingerprint density at radius 1 is 1.30 bits per heavy atom. The first kappa shape index (κ1) is 13.9. The molecule has 0 radical (unpaired) electrons. The molecule has 0 bridgehead atoms. The summed E-state index contributed by atoms with van der Waals surface area (Å²) in [6.45, 7) is 7.74. The highest BCUT2D eigenvalue weighted by molar-refractivity contribution is 5.59. The quantitative estimate of drug-likeness (QED) is 0.889.